The molecule has 0 unspecified atom stereocenters. The zero-order valence-corrected chi connectivity index (χ0v) is 16.1. The van der Waals surface area contributed by atoms with Gasteiger partial charge in [0.1, 0.15) is 5.75 Å². The van der Waals surface area contributed by atoms with Crippen LogP contribution in [0.4, 0.5) is 10.8 Å². The number of amides is 1. The van der Waals surface area contributed by atoms with Crippen LogP contribution in [0.25, 0.3) is 11.3 Å². The molecule has 3 aromatic rings. The van der Waals surface area contributed by atoms with Gasteiger partial charge in [0.05, 0.1) is 17.1 Å². The number of hydrogen-bond acceptors (Lipinski definition) is 7. The van der Waals surface area contributed by atoms with Crippen LogP contribution in [0.2, 0.25) is 0 Å². The lowest BCUT2D eigenvalue weighted by atomic mass is 10.1. The highest BCUT2D eigenvalue weighted by Crippen LogP contribution is 2.31. The standard InChI is InChI=1S/C20H17N5O2S/c1-12-6-8-14(9-7-12)17-11-28-20(21-17)25-19(27)18(13(2)24-25)23-22-15-4-3-5-16(26)10-15/h3-11,18,26H,1-2H3/t18-/m0/s1. The Labute approximate surface area is 165 Å². The third-order valence-corrected chi connectivity index (χ3v) is 5.05. The maximum atomic E-state index is 12.8. The van der Waals surface area contributed by atoms with Crippen LogP contribution in [0.3, 0.4) is 0 Å². The predicted octanol–water partition coefficient (Wildman–Crippen LogP) is 4.70. The molecular formula is C20H17N5O2S. The quantitative estimate of drug-likeness (QED) is 0.654. The zero-order chi connectivity index (χ0) is 19.7. The first-order valence-corrected chi connectivity index (χ1v) is 9.51. The van der Waals surface area contributed by atoms with Crippen LogP contribution in [-0.2, 0) is 4.79 Å². The number of benzene rings is 2. The van der Waals surface area contributed by atoms with E-state index in [2.05, 4.69) is 20.3 Å². The molecule has 0 aliphatic carbocycles. The molecule has 1 aliphatic rings. The first-order valence-electron chi connectivity index (χ1n) is 8.63. The van der Waals surface area contributed by atoms with Gasteiger partial charge in [-0.15, -0.1) is 11.3 Å². The van der Waals surface area contributed by atoms with E-state index in [9.17, 15) is 9.90 Å². The van der Waals surface area contributed by atoms with E-state index in [0.29, 0.717) is 16.5 Å². The molecule has 1 atom stereocenters. The summed E-state index contributed by atoms with van der Waals surface area (Å²) in [7, 11) is 0. The molecule has 2 aromatic carbocycles. The van der Waals surface area contributed by atoms with E-state index in [-0.39, 0.29) is 11.7 Å². The fraction of sp³-hybridized carbons (Fsp3) is 0.150. The highest BCUT2D eigenvalue weighted by Gasteiger charge is 2.36. The molecule has 4 rings (SSSR count). The topological polar surface area (TPSA) is 90.5 Å². The summed E-state index contributed by atoms with van der Waals surface area (Å²) in [6.45, 7) is 3.76. The zero-order valence-electron chi connectivity index (χ0n) is 15.3. The Morgan fingerprint density at radius 2 is 1.93 bits per heavy atom. The van der Waals surface area contributed by atoms with Crippen LogP contribution in [0.1, 0.15) is 12.5 Å². The number of rotatable bonds is 4. The van der Waals surface area contributed by atoms with Crippen LogP contribution in [0.5, 0.6) is 5.75 Å². The monoisotopic (exact) mass is 391 g/mol. The van der Waals surface area contributed by atoms with Crippen molar-refractivity contribution in [2.24, 2.45) is 15.3 Å². The number of hydrazone groups is 1. The third kappa shape index (κ3) is 3.54. The summed E-state index contributed by atoms with van der Waals surface area (Å²) in [6.07, 6.45) is 0. The van der Waals surface area contributed by atoms with Gasteiger partial charge in [-0.3, -0.25) is 4.79 Å². The minimum absolute atomic E-state index is 0.0904. The first-order chi connectivity index (χ1) is 13.5. The van der Waals surface area contributed by atoms with Crippen LogP contribution in [0, 0.1) is 6.92 Å². The van der Waals surface area contributed by atoms with E-state index in [1.165, 1.54) is 28.0 Å². The van der Waals surface area contributed by atoms with Crippen molar-refractivity contribution in [1.29, 1.82) is 0 Å². The molecule has 0 fully saturated rings. The number of hydrogen-bond donors (Lipinski definition) is 1. The molecule has 0 spiro atoms. The van der Waals surface area contributed by atoms with Crippen molar-refractivity contribution >= 4 is 33.8 Å². The number of aromatic nitrogens is 1. The van der Waals surface area contributed by atoms with Crippen molar-refractivity contribution in [2.75, 3.05) is 5.01 Å². The SMILES string of the molecule is CC1=NN(c2nc(-c3ccc(C)cc3)cs2)C(=O)[C@H]1N=Nc1cccc(O)c1. The maximum Gasteiger partial charge on any atom is 0.282 e. The number of thiazole rings is 1. The van der Waals surface area contributed by atoms with Crippen molar-refractivity contribution in [1.82, 2.24) is 4.98 Å². The Hall–Kier alpha value is -3.39. The van der Waals surface area contributed by atoms with Crippen molar-refractivity contribution < 1.29 is 9.90 Å². The van der Waals surface area contributed by atoms with Gasteiger partial charge >= 0.3 is 0 Å². The normalized spacial score (nSPS) is 16.8. The highest BCUT2D eigenvalue weighted by molar-refractivity contribution is 7.14. The molecule has 140 valence electrons. The van der Waals surface area contributed by atoms with Crippen molar-refractivity contribution in [2.45, 2.75) is 19.9 Å². The van der Waals surface area contributed by atoms with E-state index < -0.39 is 6.04 Å². The number of phenols is 1. The number of carbonyl (C=O) groups excluding carboxylic acids is 1. The molecule has 1 aliphatic heterocycles. The van der Waals surface area contributed by atoms with Crippen LogP contribution in [0.15, 0.2) is 69.2 Å². The van der Waals surface area contributed by atoms with E-state index in [4.69, 9.17) is 0 Å². The largest absolute Gasteiger partial charge is 0.508 e. The van der Waals surface area contributed by atoms with Crippen molar-refractivity contribution in [3.8, 4) is 17.0 Å². The second kappa shape index (κ2) is 7.32. The smallest absolute Gasteiger partial charge is 0.282 e. The Morgan fingerprint density at radius 1 is 1.14 bits per heavy atom. The molecule has 28 heavy (non-hydrogen) atoms. The van der Waals surface area contributed by atoms with Crippen molar-refractivity contribution in [3.63, 3.8) is 0 Å². The number of carbonyl (C=O) groups is 1. The Balaban J connectivity index is 1.54. The summed E-state index contributed by atoms with van der Waals surface area (Å²) in [5.41, 5.74) is 3.97. The van der Waals surface area contributed by atoms with E-state index in [0.717, 1.165) is 11.3 Å². The maximum absolute atomic E-state index is 12.8. The number of aromatic hydroxyl groups is 1. The Bertz CT molecular complexity index is 1090. The number of aryl methyl sites for hydroxylation is 1. The molecule has 0 saturated carbocycles. The summed E-state index contributed by atoms with van der Waals surface area (Å²) in [4.78, 5) is 17.3. The molecule has 0 saturated heterocycles. The number of nitrogens with zero attached hydrogens (tertiary/aromatic N) is 5. The summed E-state index contributed by atoms with van der Waals surface area (Å²) in [6, 6.07) is 13.6. The Kier molecular flexibility index (Phi) is 4.70. The van der Waals surface area contributed by atoms with Gasteiger partial charge in [-0.2, -0.15) is 20.3 Å². The van der Waals surface area contributed by atoms with E-state index in [1.807, 2.05) is 36.6 Å². The second-order valence-corrected chi connectivity index (χ2v) is 7.25. The van der Waals surface area contributed by atoms with E-state index in [1.54, 1.807) is 25.1 Å². The average Bonchev–Trinajstić information content (AvgIpc) is 3.26. The van der Waals surface area contributed by atoms with Gasteiger partial charge in [0, 0.05) is 17.0 Å². The lowest BCUT2D eigenvalue weighted by Crippen LogP contribution is -2.29. The number of anilines is 1. The Morgan fingerprint density at radius 3 is 2.68 bits per heavy atom. The van der Waals surface area contributed by atoms with Gasteiger partial charge in [0.2, 0.25) is 5.13 Å². The van der Waals surface area contributed by atoms with Crippen LogP contribution in [-0.4, -0.2) is 27.8 Å². The molecule has 1 aromatic heterocycles. The van der Waals surface area contributed by atoms with Gasteiger partial charge in [0.25, 0.3) is 5.91 Å². The van der Waals surface area contributed by atoms with Gasteiger partial charge in [-0.1, -0.05) is 35.9 Å². The molecule has 2 heterocycles. The molecular weight excluding hydrogens is 374 g/mol. The molecule has 0 radical (unpaired) electrons. The first kappa shape index (κ1) is 18.0. The summed E-state index contributed by atoms with van der Waals surface area (Å²) in [5.74, 6) is -0.209. The minimum Gasteiger partial charge on any atom is -0.508 e. The number of phenolic OH excluding ortho intramolecular Hbond substituents is 1. The van der Waals surface area contributed by atoms with E-state index >= 15 is 0 Å². The van der Waals surface area contributed by atoms with Gasteiger partial charge in [-0.05, 0) is 26.0 Å². The molecule has 1 N–H and O–H groups in total. The molecule has 7 nitrogen and oxygen atoms in total. The summed E-state index contributed by atoms with van der Waals surface area (Å²) < 4.78 is 0. The minimum atomic E-state index is -0.797. The highest BCUT2D eigenvalue weighted by atomic mass is 32.1. The average molecular weight is 391 g/mol. The predicted molar refractivity (Wildman–Crippen MR) is 109 cm³/mol. The second-order valence-electron chi connectivity index (χ2n) is 6.41. The van der Waals surface area contributed by atoms with Gasteiger partial charge in [-0.25, -0.2) is 4.98 Å². The van der Waals surface area contributed by atoms with Crippen molar-refractivity contribution in [3.05, 3.63) is 59.5 Å². The van der Waals surface area contributed by atoms with Crippen LogP contribution >= 0.6 is 11.3 Å². The molecule has 1 amide bonds. The fourth-order valence-electron chi connectivity index (χ4n) is 2.72. The van der Waals surface area contributed by atoms with Crippen LogP contribution < -0.4 is 5.01 Å². The van der Waals surface area contributed by atoms with Gasteiger partial charge < -0.3 is 5.11 Å². The third-order valence-electron chi connectivity index (χ3n) is 4.24. The lowest BCUT2D eigenvalue weighted by Gasteiger charge is -2.08. The fourth-order valence-corrected chi connectivity index (χ4v) is 3.51. The molecule has 0 bridgehead atoms. The number of azo groups is 1. The lowest BCUT2D eigenvalue weighted by molar-refractivity contribution is -0.117. The molecule has 8 heteroatoms. The summed E-state index contributed by atoms with van der Waals surface area (Å²) in [5, 5.41) is 25.7. The summed E-state index contributed by atoms with van der Waals surface area (Å²) >= 11 is 1.35. The van der Waals surface area contributed by atoms with Gasteiger partial charge in [0.15, 0.2) is 6.04 Å².